The third-order valence-electron chi connectivity index (χ3n) is 8.37. The quantitative estimate of drug-likeness (QED) is 0.0378. The molecule has 2 saturated heterocycles. The summed E-state index contributed by atoms with van der Waals surface area (Å²) in [5, 5.41) is 45.3. The molecule has 2 fully saturated rings. The number of carboxylic acid groups (broad SMARTS) is 3. The predicted octanol–water partition coefficient (Wildman–Crippen LogP) is -8.08. The van der Waals surface area contributed by atoms with Gasteiger partial charge in [-0.15, -0.1) is 16.9 Å². The molecule has 3 aliphatic rings. The fourth-order valence-electron chi connectivity index (χ4n) is 5.53. The molecule has 0 spiro atoms. The minimum atomic E-state index is -1.60. The molecule has 0 bridgehead atoms. The number of nitrogens with zero attached hydrogens (tertiary/aromatic N) is 7. The van der Waals surface area contributed by atoms with Gasteiger partial charge in [-0.1, -0.05) is 23.9 Å². The van der Waals surface area contributed by atoms with Gasteiger partial charge in [0, 0.05) is 36.8 Å². The number of piperazine rings is 1. The fraction of sp³-hybridized carbons (Fsp3) is 0.400. The number of anilines is 1. The molecule has 0 saturated carbocycles. The average molecular weight is 868 g/mol. The van der Waals surface area contributed by atoms with Gasteiger partial charge in [0.25, 0.3) is 5.91 Å². The van der Waals surface area contributed by atoms with Crippen LogP contribution in [0, 0.1) is 0 Å². The van der Waals surface area contributed by atoms with E-state index < -0.39 is 90.3 Å². The summed E-state index contributed by atoms with van der Waals surface area (Å²) < 4.78 is 5.79. The Hall–Kier alpha value is -4.28. The average Bonchev–Trinajstić information content (AvgIpc) is 3.60. The number of thioether (sulfide) groups is 2. The zero-order valence-corrected chi connectivity index (χ0v) is 36.7. The molecule has 1 aromatic heterocycles. The maximum Gasteiger partial charge on any atom is 1.00 e. The number of carbonyl (C=O) groups is 9. The predicted molar refractivity (Wildman–Crippen MR) is 190 cm³/mol. The Balaban J connectivity index is 0.00000450. The second-order valence-electron chi connectivity index (χ2n) is 12.0. The minimum absolute atomic E-state index is 0. The van der Waals surface area contributed by atoms with Crippen LogP contribution < -0.4 is 80.8 Å². The van der Waals surface area contributed by atoms with Crippen LogP contribution in [0.15, 0.2) is 40.7 Å². The first-order valence-electron chi connectivity index (χ1n) is 16.4. The number of nitrogens with two attached hydrogens (primary N) is 1. The van der Waals surface area contributed by atoms with E-state index in [2.05, 4.69) is 31.5 Å². The van der Waals surface area contributed by atoms with Crippen LogP contribution in [0.25, 0.3) is 0 Å². The number of β-lactam (4-membered cyclic amide) rings is 1. The van der Waals surface area contributed by atoms with Crippen molar-refractivity contribution in [2.45, 2.75) is 42.1 Å². The summed E-state index contributed by atoms with van der Waals surface area (Å²) in [5.41, 5.74) is 5.51. The zero-order valence-electron chi connectivity index (χ0n) is 33.0. The summed E-state index contributed by atoms with van der Waals surface area (Å²) in [7, 11) is 0. The normalized spacial score (nSPS) is 18.4. The number of hydrogen-bond donors (Lipinski definition) is 7. The first-order chi connectivity index (χ1) is 26.6. The molecule has 8 N–H and O–H groups in total. The van der Waals surface area contributed by atoms with Gasteiger partial charge in [-0.05, 0) is 40.6 Å². The monoisotopic (exact) mass is 867 g/mol. The Morgan fingerprint density at radius 2 is 1.74 bits per heavy atom. The summed E-state index contributed by atoms with van der Waals surface area (Å²) in [5.74, 6) is -7.71. The molecule has 0 radical (unpaired) electrons. The summed E-state index contributed by atoms with van der Waals surface area (Å²) in [6, 6.07) is -0.163. The van der Waals surface area contributed by atoms with Crippen molar-refractivity contribution < 1.29 is 125 Å². The number of aromatic nitrogens is 4. The van der Waals surface area contributed by atoms with Crippen LogP contribution in [-0.4, -0.2) is 159 Å². The first kappa shape index (κ1) is 48.1. The van der Waals surface area contributed by atoms with Gasteiger partial charge in [0.2, 0.25) is 11.1 Å². The molecule has 3 aliphatic heterocycles. The van der Waals surface area contributed by atoms with E-state index in [1.54, 1.807) is 6.92 Å². The molecule has 0 aliphatic carbocycles. The maximum atomic E-state index is 13.9. The van der Waals surface area contributed by atoms with Gasteiger partial charge in [0.05, 0.1) is 0 Å². The number of imide groups is 1. The molecule has 0 unspecified atom stereocenters. The van der Waals surface area contributed by atoms with E-state index in [1.807, 2.05) is 0 Å². The SMILES string of the molecule is CCN1CCN(C(=O)N[C@@H](C(=O)N[C@@H]2C(=O)N3C(C(=O)O)=C(CSc4nnnn4CC(=O)O)CS[C@H]23)c2ccc(NC(=O)OC[C@@H](N)C(=O)O)cc2)C(=O)C1=O.[H-].[H-].[Na+].[Na+]. The topological polar surface area (TPSA) is 339 Å². The Bertz CT molecular complexity index is 2020. The molecule has 4 heterocycles. The van der Waals surface area contributed by atoms with E-state index >= 15 is 0 Å². The Kier molecular flexibility index (Phi) is 17.5. The first-order valence-corrected chi connectivity index (χ1v) is 18.4. The molecule has 1 aromatic carbocycles. The van der Waals surface area contributed by atoms with Crippen LogP contribution in [-0.2, 0) is 44.8 Å². The van der Waals surface area contributed by atoms with Crippen molar-refractivity contribution in [1.82, 2.24) is 45.5 Å². The standard InChI is InChI=1S/C30H33N11O13S2.2Na.2H/c1-2-38-7-8-39(24(47)23(38)46)28(52)34-18(13-3-5-15(6-4-13)32-30(53)54-10-16(31)26(48)49)21(44)33-19-22(45)41-20(27(50)51)14(11-55-25(19)41)12-56-29-35-36-37-40(29)9-17(42)43;;;;/h3-6,16,18-19,25H,2,7-12,31H2,1H3,(H,32,53)(H,33,44)(H,34,52)(H,42,43)(H,48,49)(H,50,51);;;;/q;2*+1;2*-1/t16-,18-,19-,25-;;;;/m1..../s1. The number of tetrazole rings is 1. The van der Waals surface area contributed by atoms with E-state index in [1.165, 1.54) is 29.2 Å². The van der Waals surface area contributed by atoms with Crippen LogP contribution in [0.4, 0.5) is 15.3 Å². The Morgan fingerprint density at radius 3 is 2.36 bits per heavy atom. The third-order valence-corrected chi connectivity index (χ3v) is 10.8. The molecule has 24 nitrogen and oxygen atoms in total. The number of nitrogens with one attached hydrogen (secondary N) is 3. The molecular formula is C30H35N11Na2O13S2. The van der Waals surface area contributed by atoms with E-state index in [0.717, 1.165) is 33.1 Å². The van der Waals surface area contributed by atoms with Crippen molar-refractivity contribution in [3.63, 3.8) is 0 Å². The maximum absolute atomic E-state index is 13.9. The number of benzene rings is 1. The molecule has 28 heteroatoms. The third kappa shape index (κ3) is 11.1. The van der Waals surface area contributed by atoms with Gasteiger partial charge in [0.1, 0.15) is 42.3 Å². The Morgan fingerprint density at radius 1 is 1.05 bits per heavy atom. The summed E-state index contributed by atoms with van der Waals surface area (Å²) in [6.45, 7) is 0.591. The van der Waals surface area contributed by atoms with Crippen LogP contribution in [0.3, 0.4) is 0 Å². The van der Waals surface area contributed by atoms with E-state index in [0.29, 0.717) is 10.5 Å². The smallest absolute Gasteiger partial charge is 1.00 e. The Labute approximate surface area is 382 Å². The van der Waals surface area contributed by atoms with Crippen molar-refractivity contribution in [3.05, 3.63) is 41.1 Å². The number of carbonyl (C=O) groups excluding carboxylic acids is 6. The number of likely N-dealkylation sites (N-methyl/N-ethyl adjacent to an activating group) is 1. The molecular weight excluding hydrogens is 833 g/mol. The van der Waals surface area contributed by atoms with Crippen molar-refractivity contribution in [2.24, 2.45) is 5.73 Å². The largest absolute Gasteiger partial charge is 1.00 e. The van der Waals surface area contributed by atoms with Crippen LogP contribution >= 0.6 is 23.5 Å². The second-order valence-corrected chi connectivity index (χ2v) is 14.0. The number of rotatable bonds is 15. The van der Waals surface area contributed by atoms with Gasteiger partial charge in [-0.3, -0.25) is 43.9 Å². The number of carboxylic acids is 3. The van der Waals surface area contributed by atoms with Crippen molar-refractivity contribution >= 4 is 82.9 Å². The number of aliphatic carboxylic acids is 3. The minimum Gasteiger partial charge on any atom is -1.00 e. The number of urea groups is 1. The summed E-state index contributed by atoms with van der Waals surface area (Å²) >= 11 is 2.10. The number of amides is 7. The molecule has 7 amide bonds. The number of fused-ring (bicyclic) bond motifs is 1. The van der Waals surface area contributed by atoms with Gasteiger partial charge in [-0.2, -0.15) is 0 Å². The van der Waals surface area contributed by atoms with Crippen molar-refractivity contribution in [1.29, 1.82) is 0 Å². The number of ether oxygens (including phenoxy) is 1. The fourth-order valence-corrected chi connectivity index (χ4v) is 7.89. The van der Waals surface area contributed by atoms with E-state index in [9.17, 15) is 48.3 Å². The molecule has 5 rings (SSSR count). The van der Waals surface area contributed by atoms with Crippen molar-refractivity contribution in [3.8, 4) is 0 Å². The van der Waals surface area contributed by atoms with Gasteiger partial charge >= 0.3 is 101 Å². The van der Waals surface area contributed by atoms with Gasteiger partial charge in [0.15, 0.2) is 0 Å². The van der Waals surface area contributed by atoms with E-state index in [4.69, 9.17) is 20.7 Å². The number of hydrogen-bond acceptors (Lipinski definition) is 16. The van der Waals surface area contributed by atoms with Gasteiger partial charge in [-0.25, -0.2) is 19.1 Å². The van der Waals surface area contributed by atoms with Crippen LogP contribution in [0.5, 0.6) is 0 Å². The summed E-state index contributed by atoms with van der Waals surface area (Å²) in [4.78, 5) is 115. The van der Waals surface area contributed by atoms with Gasteiger partial charge < -0.3 is 44.2 Å². The van der Waals surface area contributed by atoms with Crippen LogP contribution in [0.1, 0.15) is 21.4 Å². The molecule has 2 aromatic rings. The second kappa shape index (κ2) is 21.1. The molecule has 58 heavy (non-hydrogen) atoms. The van der Waals surface area contributed by atoms with Crippen molar-refractivity contribution in [2.75, 3.05) is 43.1 Å². The summed E-state index contributed by atoms with van der Waals surface area (Å²) in [6.07, 6.45) is -1.04. The van der Waals surface area contributed by atoms with E-state index in [-0.39, 0.29) is 115 Å². The molecule has 4 atom stereocenters. The zero-order chi connectivity index (χ0) is 40.8. The van der Waals surface area contributed by atoms with Crippen LogP contribution in [0.2, 0.25) is 0 Å². The molecule has 302 valence electrons.